The average Bonchev–Trinajstić information content (AvgIpc) is 3.58. The van der Waals surface area contributed by atoms with E-state index in [0.717, 1.165) is 27.7 Å². The van der Waals surface area contributed by atoms with E-state index < -0.39 is 15.0 Å². The molecule has 15 nitrogen and oxygen atoms in total. The van der Waals surface area contributed by atoms with Gasteiger partial charge in [0, 0.05) is 29.5 Å². The largest absolute Gasteiger partial charge is 0.371 e. The zero-order valence-electron chi connectivity index (χ0n) is 25.6. The highest BCUT2D eigenvalue weighted by Crippen LogP contribution is 2.44. The molecule has 0 saturated carbocycles. The molecular weight excluding hydrogens is 648 g/mol. The van der Waals surface area contributed by atoms with Gasteiger partial charge in [-0.2, -0.15) is 33.7 Å². The molecule has 1 aliphatic heterocycles. The molecule has 2 heterocycles. The third kappa shape index (κ3) is 5.80. The molecule has 0 fully saturated rings. The molecule has 8 rings (SSSR count). The smallest absolute Gasteiger partial charge is 0.296 e. The predicted molar refractivity (Wildman–Crippen MR) is 179 cm³/mol. The Labute approximate surface area is 277 Å². The van der Waals surface area contributed by atoms with Gasteiger partial charge in [-0.25, -0.2) is 0 Å². The van der Waals surface area contributed by atoms with Crippen LogP contribution in [0.25, 0.3) is 38.3 Å². The van der Waals surface area contributed by atoms with Gasteiger partial charge in [-0.15, -0.1) is 20.4 Å². The van der Waals surface area contributed by atoms with Crippen molar-refractivity contribution in [3.8, 4) is 17.2 Å². The van der Waals surface area contributed by atoms with Crippen LogP contribution in [0.5, 0.6) is 11.5 Å². The second kappa shape index (κ2) is 12.1. The van der Waals surface area contributed by atoms with E-state index in [-0.39, 0.29) is 22.9 Å². The first kappa shape index (κ1) is 30.1. The van der Waals surface area contributed by atoms with E-state index in [1.54, 1.807) is 43.4 Å². The van der Waals surface area contributed by atoms with Gasteiger partial charge in [0.1, 0.15) is 21.6 Å². The highest BCUT2D eigenvalue weighted by Gasteiger charge is 2.25. The third-order valence-electron chi connectivity index (χ3n) is 7.92. The van der Waals surface area contributed by atoms with Gasteiger partial charge in [0.15, 0.2) is 17.2 Å². The first-order valence-corrected chi connectivity index (χ1v) is 16.4. The normalized spacial score (nSPS) is 15.0. The number of nitrogens with one attached hydrogen (secondary N) is 1. The van der Waals surface area contributed by atoms with Gasteiger partial charge in [-0.1, -0.05) is 30.3 Å². The van der Waals surface area contributed by atoms with Crippen LogP contribution in [0.2, 0.25) is 0 Å². The Morgan fingerprint density at radius 3 is 2.47 bits per heavy atom. The van der Waals surface area contributed by atoms with E-state index in [4.69, 9.17) is 14.8 Å². The van der Waals surface area contributed by atoms with Crippen LogP contribution in [0.3, 0.4) is 0 Å². The van der Waals surface area contributed by atoms with Crippen molar-refractivity contribution in [1.29, 1.82) is 0 Å². The molecule has 242 valence electrons. The Bertz CT molecular complexity index is 2590. The van der Waals surface area contributed by atoms with Crippen LogP contribution in [-0.4, -0.2) is 35.0 Å². The maximum Gasteiger partial charge on any atom is 0.296 e. The number of fused-ring (bicyclic) bond motifs is 7. The van der Waals surface area contributed by atoms with Gasteiger partial charge in [-0.05, 0) is 78.2 Å². The number of nitrogens with zero attached hydrogens (tertiary/aromatic N) is 9. The highest BCUT2D eigenvalue weighted by atomic mass is 32.2. The zero-order valence-corrected chi connectivity index (χ0v) is 26.4. The highest BCUT2D eigenvalue weighted by molar-refractivity contribution is 7.86. The fourth-order valence-electron chi connectivity index (χ4n) is 5.58. The first-order chi connectivity index (χ1) is 23.8. The Kier molecular flexibility index (Phi) is 7.44. The Morgan fingerprint density at radius 1 is 0.816 bits per heavy atom. The van der Waals surface area contributed by atoms with E-state index in [1.807, 2.05) is 48.6 Å². The van der Waals surface area contributed by atoms with Crippen molar-refractivity contribution in [3.05, 3.63) is 102 Å². The summed E-state index contributed by atoms with van der Waals surface area (Å²) in [4.78, 5) is 12.4. The van der Waals surface area contributed by atoms with E-state index in [9.17, 15) is 13.0 Å². The molecule has 0 unspecified atom stereocenters. The Balaban J connectivity index is 1.15. The van der Waals surface area contributed by atoms with Crippen molar-refractivity contribution < 1.29 is 22.6 Å². The van der Waals surface area contributed by atoms with Crippen molar-refractivity contribution in [2.45, 2.75) is 17.7 Å². The number of hydrogen-bond acceptors (Lipinski definition) is 13. The summed E-state index contributed by atoms with van der Waals surface area (Å²) in [6.45, 7) is 0. The van der Waals surface area contributed by atoms with E-state index in [1.165, 1.54) is 10.9 Å². The van der Waals surface area contributed by atoms with Crippen LogP contribution < -0.4 is 15.3 Å². The topological polar surface area (TPSA) is 190 Å². The summed E-state index contributed by atoms with van der Waals surface area (Å²) < 4.78 is 35.5. The molecule has 0 atom stereocenters. The molecule has 49 heavy (non-hydrogen) atoms. The van der Waals surface area contributed by atoms with Crippen molar-refractivity contribution >= 4 is 59.8 Å². The monoisotopic (exact) mass is 672 g/mol. The predicted octanol–water partition coefficient (Wildman–Crippen LogP) is 8.31. The molecule has 2 N–H and O–H groups in total. The molecule has 6 aromatic rings. The van der Waals surface area contributed by atoms with Crippen LogP contribution >= 0.6 is 0 Å². The van der Waals surface area contributed by atoms with Gasteiger partial charge in [0.2, 0.25) is 0 Å². The van der Waals surface area contributed by atoms with Crippen molar-refractivity contribution in [2.24, 2.45) is 30.7 Å². The van der Waals surface area contributed by atoms with Gasteiger partial charge in [0.05, 0.1) is 22.8 Å². The van der Waals surface area contributed by atoms with Crippen LogP contribution in [0, 0.1) is 0 Å². The number of benzene rings is 5. The fraction of sp³-hybridized carbons (Fsp3) is 0.0909. The molecule has 0 amide bonds. The second-order valence-corrected chi connectivity index (χ2v) is 12.4. The van der Waals surface area contributed by atoms with Crippen molar-refractivity contribution in [1.82, 2.24) is 20.6 Å². The summed E-state index contributed by atoms with van der Waals surface area (Å²) in [7, 11) is -3.17. The molecule has 0 radical (unpaired) electrons. The zero-order chi connectivity index (χ0) is 33.5. The van der Waals surface area contributed by atoms with Gasteiger partial charge in [0.25, 0.3) is 10.1 Å². The number of hydrogen-bond donors (Lipinski definition) is 2. The number of rotatable bonds is 5. The third-order valence-corrected chi connectivity index (χ3v) is 8.79. The lowest BCUT2D eigenvalue weighted by atomic mass is 10.1. The summed E-state index contributed by atoms with van der Waals surface area (Å²) in [6, 6.07) is 23.0. The summed E-state index contributed by atoms with van der Waals surface area (Å²) in [5.41, 5.74) is 6.46. The summed E-state index contributed by atoms with van der Waals surface area (Å²) in [6.07, 6.45) is 5.05. The maximum absolute atomic E-state index is 12.6. The second-order valence-electron chi connectivity index (χ2n) is 11.0. The Hall–Kier alpha value is -6.23. The van der Waals surface area contributed by atoms with Crippen molar-refractivity contribution in [2.75, 3.05) is 7.05 Å². The molecule has 0 saturated heterocycles. The summed E-state index contributed by atoms with van der Waals surface area (Å²) >= 11 is 0. The molecule has 2 aliphatic rings. The van der Waals surface area contributed by atoms with E-state index in [0.29, 0.717) is 40.5 Å². The van der Waals surface area contributed by atoms with E-state index >= 15 is 0 Å². The van der Waals surface area contributed by atoms with Gasteiger partial charge in [-0.3, -0.25) is 4.55 Å². The quantitative estimate of drug-likeness (QED) is 0.135. The maximum atomic E-state index is 12.6. The Morgan fingerprint density at radius 2 is 1.65 bits per heavy atom. The minimum absolute atomic E-state index is 0.0445. The molecule has 1 aliphatic carbocycles. The molecule has 5 aromatic carbocycles. The van der Waals surface area contributed by atoms with Crippen LogP contribution in [0.1, 0.15) is 12.8 Å². The molecule has 16 heteroatoms. The number of azo groups is 3. The van der Waals surface area contributed by atoms with Crippen LogP contribution in [0.4, 0.5) is 17.1 Å². The van der Waals surface area contributed by atoms with Gasteiger partial charge >= 0.3 is 0 Å². The van der Waals surface area contributed by atoms with Crippen LogP contribution in [0.15, 0.2) is 138 Å². The van der Waals surface area contributed by atoms with E-state index in [2.05, 4.69) is 41.4 Å². The fourth-order valence-corrected chi connectivity index (χ4v) is 6.24. The molecular formula is C33H24N10O5S. The number of aromatic nitrogens is 3. The molecule has 1 aromatic heterocycles. The standard InChI is InChI=1S/C33H24N10O5S/c1-34-35-21-7-9-22(10-8-21)36-37-23-11-15-27-29(18-23)47-42-48-33-26-13-12-24(16-20(26)17-30(49(44,45)46)32(33)39-38-27)43-40-28-14-6-19-4-2-3-5-25(19)31(28)41-43/h2-7,9,11-18,42H,8,10H2,1H3,(H,44,45,46). The molecule has 0 spiro atoms. The first-order valence-electron chi connectivity index (χ1n) is 14.9. The lowest BCUT2D eigenvalue weighted by Crippen LogP contribution is -2.23. The minimum atomic E-state index is -4.80. The lowest BCUT2D eigenvalue weighted by molar-refractivity contribution is -0.0167. The van der Waals surface area contributed by atoms with Crippen LogP contribution in [-0.2, 0) is 10.1 Å². The molecule has 0 bridgehead atoms. The van der Waals surface area contributed by atoms with Gasteiger partial charge < -0.3 is 9.68 Å². The number of allylic oxidation sites excluding steroid dienone is 4. The average molecular weight is 673 g/mol. The minimum Gasteiger partial charge on any atom is -0.371 e. The SMILES string of the molecule is CN=NC1=CC=C(N=Nc2ccc3c(c2)ONOc2c(c(S(=O)(=O)O)cc4cc(-n5nc6ccc7ccccc7c6n5)ccc24)N=N3)CC1. The summed E-state index contributed by atoms with van der Waals surface area (Å²) in [5.74, 6) is 0.137. The summed E-state index contributed by atoms with van der Waals surface area (Å²) in [5, 5.41) is 37.1. The lowest BCUT2D eigenvalue weighted by Gasteiger charge is -2.14. The van der Waals surface area contributed by atoms with Crippen molar-refractivity contribution in [3.63, 3.8) is 0 Å².